The van der Waals surface area contributed by atoms with Crippen LogP contribution in [0.25, 0.3) is 11.3 Å². The first kappa shape index (κ1) is 14.6. The van der Waals surface area contributed by atoms with E-state index in [0.29, 0.717) is 22.4 Å². The van der Waals surface area contributed by atoms with Crippen LogP contribution in [0.2, 0.25) is 5.02 Å². The molecule has 0 radical (unpaired) electrons. The fourth-order valence-electron chi connectivity index (χ4n) is 2.04. The molecule has 0 saturated carbocycles. The number of halogens is 1. The van der Waals surface area contributed by atoms with E-state index in [2.05, 4.69) is 4.98 Å². The summed E-state index contributed by atoms with van der Waals surface area (Å²) in [6.07, 6.45) is 1.65. The lowest BCUT2D eigenvalue weighted by Gasteiger charge is -2.07. The highest BCUT2D eigenvalue weighted by Gasteiger charge is 2.08. The number of benzene rings is 2. The molecule has 0 aliphatic heterocycles. The van der Waals surface area contributed by atoms with E-state index in [4.69, 9.17) is 20.8 Å². The second kappa shape index (κ2) is 6.64. The van der Waals surface area contributed by atoms with Crippen molar-refractivity contribution in [1.29, 1.82) is 0 Å². The second-order valence-electron chi connectivity index (χ2n) is 4.68. The molecule has 0 fully saturated rings. The highest BCUT2D eigenvalue weighted by atomic mass is 35.5. The van der Waals surface area contributed by atoms with Crippen LogP contribution >= 0.6 is 11.6 Å². The molecule has 22 heavy (non-hydrogen) atoms. The van der Waals surface area contributed by atoms with Crippen LogP contribution in [0.15, 0.2) is 59.1 Å². The van der Waals surface area contributed by atoms with Crippen LogP contribution in [-0.2, 0) is 13.2 Å². The highest BCUT2D eigenvalue weighted by molar-refractivity contribution is 6.30. The molecule has 112 valence electrons. The van der Waals surface area contributed by atoms with Crippen LogP contribution in [0.5, 0.6) is 5.75 Å². The number of aliphatic hydroxyl groups excluding tert-OH is 1. The lowest BCUT2D eigenvalue weighted by atomic mass is 10.2. The van der Waals surface area contributed by atoms with Crippen molar-refractivity contribution in [2.45, 2.75) is 13.2 Å². The molecule has 0 aliphatic carbocycles. The molecule has 2 aromatic carbocycles. The largest absolute Gasteiger partial charge is 0.483 e. The van der Waals surface area contributed by atoms with E-state index in [0.717, 1.165) is 11.1 Å². The number of ether oxygens (including phenoxy) is 1. The summed E-state index contributed by atoms with van der Waals surface area (Å²) in [5, 5.41) is 9.93. The molecule has 0 bridgehead atoms. The molecule has 1 heterocycles. The predicted molar refractivity (Wildman–Crippen MR) is 83.6 cm³/mol. The van der Waals surface area contributed by atoms with Gasteiger partial charge in [-0.15, -0.1) is 0 Å². The zero-order valence-electron chi connectivity index (χ0n) is 11.7. The molecule has 0 spiro atoms. The number of hydrogen-bond donors (Lipinski definition) is 1. The summed E-state index contributed by atoms with van der Waals surface area (Å²) in [5.74, 6) is 1.75. The number of para-hydroxylation sites is 1. The van der Waals surface area contributed by atoms with E-state index in [1.54, 1.807) is 24.4 Å². The topological polar surface area (TPSA) is 55.5 Å². The van der Waals surface area contributed by atoms with E-state index >= 15 is 0 Å². The average molecular weight is 316 g/mol. The fourth-order valence-corrected chi connectivity index (χ4v) is 2.17. The van der Waals surface area contributed by atoms with Crippen molar-refractivity contribution in [2.24, 2.45) is 0 Å². The maximum absolute atomic E-state index is 9.26. The van der Waals surface area contributed by atoms with Gasteiger partial charge in [0.05, 0.1) is 12.8 Å². The number of oxazole rings is 1. The van der Waals surface area contributed by atoms with Gasteiger partial charge >= 0.3 is 0 Å². The van der Waals surface area contributed by atoms with Crippen molar-refractivity contribution in [1.82, 2.24) is 4.98 Å². The van der Waals surface area contributed by atoms with Crippen molar-refractivity contribution in [3.63, 3.8) is 0 Å². The summed E-state index contributed by atoms with van der Waals surface area (Å²) in [7, 11) is 0. The molecule has 0 aliphatic rings. The Hall–Kier alpha value is -2.30. The van der Waals surface area contributed by atoms with Gasteiger partial charge in [-0.3, -0.25) is 0 Å². The lowest BCUT2D eigenvalue weighted by molar-refractivity contribution is 0.242. The molecule has 0 amide bonds. The third kappa shape index (κ3) is 3.30. The predicted octanol–water partition coefficient (Wildman–Crippen LogP) is 4.07. The highest BCUT2D eigenvalue weighted by Crippen LogP contribution is 2.24. The third-order valence-corrected chi connectivity index (χ3v) is 3.43. The lowest BCUT2D eigenvalue weighted by Crippen LogP contribution is -1.98. The van der Waals surface area contributed by atoms with Gasteiger partial charge in [0.15, 0.2) is 12.4 Å². The van der Waals surface area contributed by atoms with Crippen molar-refractivity contribution in [3.05, 3.63) is 71.2 Å². The first-order chi connectivity index (χ1) is 10.8. The molecule has 0 atom stereocenters. The zero-order chi connectivity index (χ0) is 15.4. The first-order valence-electron chi connectivity index (χ1n) is 6.78. The van der Waals surface area contributed by atoms with E-state index in [1.807, 2.05) is 30.3 Å². The summed E-state index contributed by atoms with van der Waals surface area (Å²) in [6.45, 7) is 0.127. The normalized spacial score (nSPS) is 10.6. The van der Waals surface area contributed by atoms with Crippen LogP contribution in [-0.4, -0.2) is 10.1 Å². The Kier molecular flexibility index (Phi) is 4.42. The summed E-state index contributed by atoms with van der Waals surface area (Å²) in [4.78, 5) is 4.20. The number of rotatable bonds is 5. The molecule has 1 N–H and O–H groups in total. The van der Waals surface area contributed by atoms with Gasteiger partial charge in [0.1, 0.15) is 5.75 Å². The van der Waals surface area contributed by atoms with Gasteiger partial charge in [0.25, 0.3) is 0 Å². The fraction of sp³-hybridized carbons (Fsp3) is 0.118. The van der Waals surface area contributed by atoms with Crippen LogP contribution in [0.4, 0.5) is 0 Å². The number of nitrogens with zero attached hydrogens (tertiary/aromatic N) is 1. The van der Waals surface area contributed by atoms with E-state index in [-0.39, 0.29) is 13.2 Å². The SMILES string of the molecule is OCc1ccccc1OCc1ncc(-c2ccc(Cl)cc2)o1. The molecule has 0 unspecified atom stereocenters. The monoisotopic (exact) mass is 315 g/mol. The van der Waals surface area contributed by atoms with Gasteiger partial charge in [-0.2, -0.15) is 0 Å². The van der Waals surface area contributed by atoms with Gasteiger partial charge in [-0.05, 0) is 30.3 Å². The quantitative estimate of drug-likeness (QED) is 0.771. The van der Waals surface area contributed by atoms with Crippen LogP contribution in [0, 0.1) is 0 Å². The Labute approximate surface area is 133 Å². The minimum absolute atomic E-state index is 0.0716. The van der Waals surface area contributed by atoms with Gasteiger partial charge in [-0.1, -0.05) is 29.8 Å². The van der Waals surface area contributed by atoms with Gasteiger partial charge < -0.3 is 14.3 Å². The standard InChI is InChI=1S/C17H14ClNO3/c18-14-7-5-12(6-8-14)16-9-19-17(22-16)11-21-15-4-2-1-3-13(15)10-20/h1-9,20H,10-11H2. The van der Waals surface area contributed by atoms with Crippen molar-refractivity contribution < 1.29 is 14.3 Å². The summed E-state index contributed by atoms with van der Waals surface area (Å²) < 4.78 is 11.3. The van der Waals surface area contributed by atoms with Gasteiger partial charge in [0.2, 0.25) is 5.89 Å². The summed E-state index contributed by atoms with van der Waals surface area (Å²) in [5.41, 5.74) is 1.63. The second-order valence-corrected chi connectivity index (χ2v) is 5.12. The molecule has 5 heteroatoms. The molecule has 0 saturated heterocycles. The van der Waals surface area contributed by atoms with Crippen LogP contribution in [0.1, 0.15) is 11.5 Å². The molecular weight excluding hydrogens is 302 g/mol. The third-order valence-electron chi connectivity index (χ3n) is 3.18. The summed E-state index contributed by atoms with van der Waals surface area (Å²) >= 11 is 5.86. The minimum atomic E-state index is -0.0716. The number of aliphatic hydroxyl groups is 1. The van der Waals surface area contributed by atoms with E-state index < -0.39 is 0 Å². The van der Waals surface area contributed by atoms with Crippen molar-refractivity contribution in [3.8, 4) is 17.1 Å². The Balaban J connectivity index is 1.71. The molecule has 3 aromatic rings. The first-order valence-corrected chi connectivity index (χ1v) is 7.16. The molecule has 1 aromatic heterocycles. The Morgan fingerprint density at radius 2 is 1.86 bits per heavy atom. The number of aromatic nitrogens is 1. The van der Waals surface area contributed by atoms with Crippen molar-refractivity contribution >= 4 is 11.6 Å². The van der Waals surface area contributed by atoms with Crippen LogP contribution in [0.3, 0.4) is 0 Å². The molecule has 4 nitrogen and oxygen atoms in total. The van der Waals surface area contributed by atoms with Gasteiger partial charge in [0, 0.05) is 16.1 Å². The Morgan fingerprint density at radius 1 is 1.09 bits per heavy atom. The number of hydrogen-bond acceptors (Lipinski definition) is 4. The minimum Gasteiger partial charge on any atom is -0.483 e. The van der Waals surface area contributed by atoms with E-state index in [9.17, 15) is 5.11 Å². The van der Waals surface area contributed by atoms with E-state index in [1.165, 1.54) is 0 Å². The Bertz CT molecular complexity index is 753. The molecule has 3 rings (SSSR count). The average Bonchev–Trinajstić information content (AvgIpc) is 3.03. The summed E-state index contributed by atoms with van der Waals surface area (Å²) in [6, 6.07) is 14.6. The van der Waals surface area contributed by atoms with Crippen LogP contribution < -0.4 is 4.74 Å². The maximum Gasteiger partial charge on any atom is 0.232 e. The maximum atomic E-state index is 9.26. The van der Waals surface area contributed by atoms with Gasteiger partial charge in [-0.25, -0.2) is 4.98 Å². The zero-order valence-corrected chi connectivity index (χ0v) is 12.5. The molecular formula is C17H14ClNO3. The van der Waals surface area contributed by atoms with Crippen molar-refractivity contribution in [2.75, 3.05) is 0 Å². The Morgan fingerprint density at radius 3 is 2.64 bits per heavy atom. The smallest absolute Gasteiger partial charge is 0.232 e.